The first-order valence-corrected chi connectivity index (χ1v) is 8.67. The van der Waals surface area contributed by atoms with Crippen LogP contribution in [-0.4, -0.2) is 25.0 Å². The van der Waals surface area contributed by atoms with Crippen LogP contribution >= 0.6 is 11.6 Å². The SMILES string of the molecule is CCOc1ccc(NC(=O)/C(C#N)=C/c2ccc(OCC(N)=O)c(Cl)c2)cc1. The number of carbonyl (C=O) groups is 2. The number of nitrogens with two attached hydrogens (primary N) is 1. The number of nitrogens with zero attached hydrogens (tertiary/aromatic N) is 1. The molecular formula is C20H18ClN3O4. The van der Waals surface area contributed by atoms with Gasteiger partial charge in [-0.1, -0.05) is 17.7 Å². The van der Waals surface area contributed by atoms with Crippen molar-refractivity contribution in [2.24, 2.45) is 5.73 Å². The van der Waals surface area contributed by atoms with Gasteiger partial charge >= 0.3 is 0 Å². The van der Waals surface area contributed by atoms with Crippen LogP contribution in [0.1, 0.15) is 12.5 Å². The topological polar surface area (TPSA) is 114 Å². The molecule has 0 aliphatic carbocycles. The summed E-state index contributed by atoms with van der Waals surface area (Å²) in [6.07, 6.45) is 1.40. The highest BCUT2D eigenvalue weighted by molar-refractivity contribution is 6.32. The molecule has 0 fully saturated rings. The molecule has 0 aliphatic heterocycles. The molecule has 0 bridgehead atoms. The lowest BCUT2D eigenvalue weighted by molar-refractivity contribution is -0.120. The lowest BCUT2D eigenvalue weighted by Gasteiger charge is -2.08. The Kier molecular flexibility index (Phi) is 7.43. The Bertz CT molecular complexity index is 933. The van der Waals surface area contributed by atoms with Crippen LogP contribution in [0.3, 0.4) is 0 Å². The largest absolute Gasteiger partial charge is 0.494 e. The van der Waals surface area contributed by atoms with Gasteiger partial charge in [-0.3, -0.25) is 9.59 Å². The predicted octanol–water partition coefficient (Wildman–Crippen LogP) is 3.15. The maximum atomic E-state index is 12.3. The van der Waals surface area contributed by atoms with Crippen molar-refractivity contribution in [1.82, 2.24) is 0 Å². The van der Waals surface area contributed by atoms with Gasteiger partial charge in [0.05, 0.1) is 11.6 Å². The molecule has 2 rings (SSSR count). The molecule has 8 heteroatoms. The van der Waals surface area contributed by atoms with E-state index in [9.17, 15) is 14.9 Å². The molecule has 7 nitrogen and oxygen atoms in total. The van der Waals surface area contributed by atoms with Crippen LogP contribution in [0.15, 0.2) is 48.0 Å². The summed E-state index contributed by atoms with van der Waals surface area (Å²) < 4.78 is 10.5. The zero-order valence-electron chi connectivity index (χ0n) is 15.1. The van der Waals surface area contributed by atoms with Crippen LogP contribution in [0.4, 0.5) is 5.69 Å². The van der Waals surface area contributed by atoms with Gasteiger partial charge in [-0.05, 0) is 55.0 Å². The molecule has 2 aromatic carbocycles. The Hall–Kier alpha value is -3.50. The van der Waals surface area contributed by atoms with Crippen molar-refractivity contribution in [3.8, 4) is 17.6 Å². The minimum Gasteiger partial charge on any atom is -0.494 e. The molecule has 0 unspecified atom stereocenters. The van der Waals surface area contributed by atoms with Crippen LogP contribution in [0.25, 0.3) is 6.08 Å². The summed E-state index contributed by atoms with van der Waals surface area (Å²) in [7, 11) is 0. The molecule has 144 valence electrons. The van der Waals surface area contributed by atoms with Gasteiger partial charge < -0.3 is 20.5 Å². The fraction of sp³-hybridized carbons (Fsp3) is 0.150. The number of carbonyl (C=O) groups excluding carboxylic acids is 2. The zero-order chi connectivity index (χ0) is 20.5. The normalized spacial score (nSPS) is 10.7. The molecule has 2 aromatic rings. The standard InChI is InChI=1S/C20H18ClN3O4/c1-2-27-16-6-4-15(5-7-16)24-20(26)14(11-22)9-13-3-8-18(17(21)10-13)28-12-19(23)25/h3-10H,2,12H2,1H3,(H2,23,25)(H,24,26)/b14-9+. The first-order valence-electron chi connectivity index (χ1n) is 8.29. The van der Waals surface area contributed by atoms with Crippen molar-refractivity contribution in [3.05, 3.63) is 58.6 Å². The van der Waals surface area contributed by atoms with Gasteiger partial charge in [0.25, 0.3) is 11.8 Å². The number of hydrogen-bond acceptors (Lipinski definition) is 5. The first kappa shape index (κ1) is 20.8. The minimum absolute atomic E-state index is 0.101. The van der Waals surface area contributed by atoms with E-state index in [0.717, 1.165) is 0 Å². The molecular weight excluding hydrogens is 382 g/mol. The molecule has 0 spiro atoms. The van der Waals surface area contributed by atoms with Crippen molar-refractivity contribution < 1.29 is 19.1 Å². The number of primary amides is 1. The Labute approximate surface area is 167 Å². The highest BCUT2D eigenvalue weighted by Gasteiger charge is 2.11. The summed E-state index contributed by atoms with van der Waals surface area (Å²) in [5, 5.41) is 12.2. The van der Waals surface area contributed by atoms with E-state index in [4.69, 9.17) is 26.8 Å². The summed E-state index contributed by atoms with van der Waals surface area (Å²) in [5.41, 5.74) is 5.97. The average molecular weight is 400 g/mol. The van der Waals surface area contributed by atoms with Crippen LogP contribution in [0.5, 0.6) is 11.5 Å². The maximum absolute atomic E-state index is 12.3. The highest BCUT2D eigenvalue weighted by atomic mass is 35.5. The monoisotopic (exact) mass is 399 g/mol. The molecule has 3 N–H and O–H groups in total. The van der Waals surface area contributed by atoms with Gasteiger partial charge in [-0.25, -0.2) is 0 Å². The zero-order valence-corrected chi connectivity index (χ0v) is 15.8. The molecule has 0 atom stereocenters. The van der Waals surface area contributed by atoms with E-state index in [2.05, 4.69) is 5.32 Å². The number of hydrogen-bond donors (Lipinski definition) is 2. The number of anilines is 1. The number of halogens is 1. The van der Waals surface area contributed by atoms with E-state index in [0.29, 0.717) is 23.6 Å². The van der Waals surface area contributed by atoms with Crippen LogP contribution in [0, 0.1) is 11.3 Å². The lowest BCUT2D eigenvalue weighted by atomic mass is 10.1. The Morgan fingerprint density at radius 1 is 1.21 bits per heavy atom. The third-order valence-corrected chi connectivity index (χ3v) is 3.72. The second-order valence-electron chi connectivity index (χ2n) is 5.53. The van der Waals surface area contributed by atoms with Crippen molar-refractivity contribution in [2.75, 3.05) is 18.5 Å². The highest BCUT2D eigenvalue weighted by Crippen LogP contribution is 2.26. The third-order valence-electron chi connectivity index (χ3n) is 3.43. The quantitative estimate of drug-likeness (QED) is 0.522. The van der Waals surface area contributed by atoms with Crippen molar-refractivity contribution >= 4 is 35.2 Å². The van der Waals surface area contributed by atoms with E-state index < -0.39 is 11.8 Å². The predicted molar refractivity (Wildman–Crippen MR) is 106 cm³/mol. The number of nitriles is 1. The lowest BCUT2D eigenvalue weighted by Crippen LogP contribution is -2.20. The fourth-order valence-electron chi connectivity index (χ4n) is 2.19. The van der Waals surface area contributed by atoms with E-state index in [-0.39, 0.29) is 23.0 Å². The van der Waals surface area contributed by atoms with Crippen LogP contribution in [-0.2, 0) is 9.59 Å². The maximum Gasteiger partial charge on any atom is 0.266 e. The average Bonchev–Trinajstić information content (AvgIpc) is 2.67. The number of amides is 2. The summed E-state index contributed by atoms with van der Waals surface area (Å²) in [6, 6.07) is 13.3. The van der Waals surface area contributed by atoms with Gasteiger partial charge in [-0.2, -0.15) is 5.26 Å². The number of ether oxygens (including phenoxy) is 2. The molecule has 28 heavy (non-hydrogen) atoms. The third kappa shape index (κ3) is 6.04. The van der Waals surface area contributed by atoms with Gasteiger partial charge in [0.15, 0.2) is 6.61 Å². The smallest absolute Gasteiger partial charge is 0.266 e. The molecule has 0 saturated carbocycles. The molecule has 0 radical (unpaired) electrons. The van der Waals surface area contributed by atoms with Crippen molar-refractivity contribution in [3.63, 3.8) is 0 Å². The van der Waals surface area contributed by atoms with Gasteiger partial charge in [0, 0.05) is 5.69 Å². The summed E-state index contributed by atoms with van der Waals surface area (Å²) in [6.45, 7) is 2.12. The Balaban J connectivity index is 2.11. The van der Waals surface area contributed by atoms with Gasteiger partial charge in [0.2, 0.25) is 0 Å². The Morgan fingerprint density at radius 3 is 2.50 bits per heavy atom. The molecule has 2 amide bonds. The van der Waals surface area contributed by atoms with Crippen molar-refractivity contribution in [2.45, 2.75) is 6.92 Å². The summed E-state index contributed by atoms with van der Waals surface area (Å²) >= 11 is 6.09. The number of benzene rings is 2. The second kappa shape index (κ2) is 10.00. The van der Waals surface area contributed by atoms with Gasteiger partial charge in [-0.15, -0.1) is 0 Å². The van der Waals surface area contributed by atoms with Gasteiger partial charge in [0.1, 0.15) is 23.1 Å². The first-order chi connectivity index (χ1) is 13.4. The molecule has 0 saturated heterocycles. The summed E-state index contributed by atoms with van der Waals surface area (Å²) in [4.78, 5) is 23.1. The molecule has 0 aliphatic rings. The summed E-state index contributed by atoms with van der Waals surface area (Å²) in [5.74, 6) is -0.227. The van der Waals surface area contributed by atoms with E-state index in [1.807, 2.05) is 13.0 Å². The second-order valence-corrected chi connectivity index (χ2v) is 5.93. The van der Waals surface area contributed by atoms with Crippen LogP contribution in [0.2, 0.25) is 5.02 Å². The fourth-order valence-corrected chi connectivity index (χ4v) is 2.43. The molecule has 0 heterocycles. The number of nitrogens with one attached hydrogen (secondary N) is 1. The number of rotatable bonds is 8. The molecule has 0 aromatic heterocycles. The van der Waals surface area contributed by atoms with E-state index >= 15 is 0 Å². The van der Waals surface area contributed by atoms with E-state index in [1.165, 1.54) is 18.2 Å². The Morgan fingerprint density at radius 2 is 1.93 bits per heavy atom. The van der Waals surface area contributed by atoms with Crippen LogP contribution < -0.4 is 20.5 Å². The minimum atomic E-state index is -0.627. The van der Waals surface area contributed by atoms with Crippen molar-refractivity contribution in [1.29, 1.82) is 5.26 Å². The van der Waals surface area contributed by atoms with E-state index in [1.54, 1.807) is 30.3 Å².